The molecule has 0 saturated heterocycles. The van der Waals surface area contributed by atoms with E-state index in [0.717, 1.165) is 5.56 Å². The van der Waals surface area contributed by atoms with Crippen LogP contribution in [0.5, 0.6) is 0 Å². The molecule has 6 nitrogen and oxygen atoms in total. The van der Waals surface area contributed by atoms with Crippen LogP contribution in [0.4, 0.5) is 0 Å². The van der Waals surface area contributed by atoms with Crippen LogP contribution < -0.4 is 4.72 Å². The summed E-state index contributed by atoms with van der Waals surface area (Å²) in [6.07, 6.45) is 4.84. The average molecular weight is 315 g/mol. The fourth-order valence-corrected chi connectivity index (χ4v) is 3.16. The Morgan fingerprint density at radius 3 is 2.82 bits per heavy atom. The van der Waals surface area contributed by atoms with Crippen molar-refractivity contribution in [2.75, 3.05) is 0 Å². The standard InChI is InChI=1S/C15H13N3O3S/c1-11-3-2-4-14(7-11)22(20,21)17-15(19)12-5-6-18-10-16-9-13(18)8-12/h2-10H,1H3,(H,17,19). The Bertz CT molecular complexity index is 961. The minimum Gasteiger partial charge on any atom is -0.306 e. The number of hydrogen-bond acceptors (Lipinski definition) is 4. The molecule has 3 rings (SSSR count). The predicted octanol–water partition coefficient (Wildman–Crippen LogP) is 1.76. The van der Waals surface area contributed by atoms with Gasteiger partial charge in [-0.05, 0) is 36.8 Å². The number of amides is 1. The Hall–Kier alpha value is -2.67. The second-order valence-corrected chi connectivity index (χ2v) is 6.57. The molecule has 1 amide bonds. The van der Waals surface area contributed by atoms with E-state index >= 15 is 0 Å². The highest BCUT2D eigenvalue weighted by Gasteiger charge is 2.19. The van der Waals surface area contributed by atoms with Gasteiger partial charge >= 0.3 is 0 Å². The van der Waals surface area contributed by atoms with E-state index in [-0.39, 0.29) is 10.5 Å². The van der Waals surface area contributed by atoms with E-state index in [1.54, 1.807) is 48.2 Å². The van der Waals surface area contributed by atoms with Crippen molar-refractivity contribution in [3.05, 3.63) is 66.2 Å². The Morgan fingerprint density at radius 2 is 2.05 bits per heavy atom. The maximum absolute atomic E-state index is 12.2. The summed E-state index contributed by atoms with van der Waals surface area (Å²) < 4.78 is 28.3. The second-order valence-electron chi connectivity index (χ2n) is 4.89. The van der Waals surface area contributed by atoms with Crippen LogP contribution in [-0.4, -0.2) is 23.7 Å². The molecule has 3 aromatic rings. The van der Waals surface area contributed by atoms with Gasteiger partial charge in [-0.3, -0.25) is 4.79 Å². The number of nitrogens with one attached hydrogen (secondary N) is 1. The molecular formula is C15H13N3O3S. The highest BCUT2D eigenvalue weighted by molar-refractivity contribution is 7.90. The smallest absolute Gasteiger partial charge is 0.265 e. The number of aryl methyl sites for hydroxylation is 1. The number of sulfonamides is 1. The molecule has 0 saturated carbocycles. The molecule has 1 N–H and O–H groups in total. The summed E-state index contributed by atoms with van der Waals surface area (Å²) in [6, 6.07) is 9.49. The van der Waals surface area contributed by atoms with Crippen LogP contribution in [0, 0.1) is 6.92 Å². The van der Waals surface area contributed by atoms with Crippen LogP contribution in [0.15, 0.2) is 60.0 Å². The van der Waals surface area contributed by atoms with Gasteiger partial charge in [0.25, 0.3) is 15.9 Å². The minimum absolute atomic E-state index is 0.0614. The van der Waals surface area contributed by atoms with Crippen molar-refractivity contribution >= 4 is 21.4 Å². The SMILES string of the molecule is Cc1cccc(S(=O)(=O)NC(=O)c2ccn3cncc3c2)c1. The number of fused-ring (bicyclic) bond motifs is 1. The normalized spacial score (nSPS) is 11.5. The Morgan fingerprint density at radius 1 is 1.23 bits per heavy atom. The van der Waals surface area contributed by atoms with Gasteiger partial charge in [0.1, 0.15) is 0 Å². The van der Waals surface area contributed by atoms with Crippen LogP contribution in [0.1, 0.15) is 15.9 Å². The summed E-state index contributed by atoms with van der Waals surface area (Å²) >= 11 is 0. The van der Waals surface area contributed by atoms with Gasteiger partial charge in [-0.2, -0.15) is 0 Å². The lowest BCUT2D eigenvalue weighted by atomic mass is 10.2. The molecular weight excluding hydrogens is 302 g/mol. The van der Waals surface area contributed by atoms with E-state index in [1.165, 1.54) is 18.2 Å². The largest absolute Gasteiger partial charge is 0.306 e. The van der Waals surface area contributed by atoms with E-state index in [0.29, 0.717) is 5.52 Å². The molecule has 0 aliphatic carbocycles. The predicted molar refractivity (Wildman–Crippen MR) is 81.0 cm³/mol. The topological polar surface area (TPSA) is 80.5 Å². The van der Waals surface area contributed by atoms with Crippen LogP contribution in [-0.2, 0) is 10.0 Å². The zero-order valence-corrected chi connectivity index (χ0v) is 12.5. The highest BCUT2D eigenvalue weighted by atomic mass is 32.2. The Labute approximate surface area is 127 Å². The minimum atomic E-state index is -3.89. The van der Waals surface area contributed by atoms with E-state index < -0.39 is 15.9 Å². The van der Waals surface area contributed by atoms with Crippen molar-refractivity contribution in [2.24, 2.45) is 0 Å². The number of imidazole rings is 1. The molecule has 112 valence electrons. The lowest BCUT2D eigenvalue weighted by molar-refractivity contribution is 0.0981. The fraction of sp³-hybridized carbons (Fsp3) is 0.0667. The van der Waals surface area contributed by atoms with Crippen LogP contribution in [0.2, 0.25) is 0 Å². The lowest BCUT2D eigenvalue weighted by Gasteiger charge is -2.08. The third kappa shape index (κ3) is 2.71. The van der Waals surface area contributed by atoms with Gasteiger partial charge in [-0.1, -0.05) is 12.1 Å². The van der Waals surface area contributed by atoms with Crippen LogP contribution >= 0.6 is 0 Å². The third-order valence-corrected chi connectivity index (χ3v) is 4.53. The number of hydrogen-bond donors (Lipinski definition) is 1. The number of carbonyl (C=O) groups excluding carboxylic acids is 1. The summed E-state index contributed by atoms with van der Waals surface area (Å²) in [5.74, 6) is -0.676. The monoisotopic (exact) mass is 315 g/mol. The molecule has 22 heavy (non-hydrogen) atoms. The van der Waals surface area contributed by atoms with E-state index in [2.05, 4.69) is 9.71 Å². The lowest BCUT2D eigenvalue weighted by Crippen LogP contribution is -2.30. The molecule has 0 aliphatic heterocycles. The Balaban J connectivity index is 1.89. The summed E-state index contributed by atoms with van der Waals surface area (Å²) in [7, 11) is -3.89. The average Bonchev–Trinajstić information content (AvgIpc) is 2.94. The van der Waals surface area contributed by atoms with Gasteiger partial charge in [0.2, 0.25) is 0 Å². The molecule has 1 aromatic carbocycles. The quantitative estimate of drug-likeness (QED) is 0.798. The molecule has 0 bridgehead atoms. The molecule has 0 atom stereocenters. The van der Waals surface area contributed by atoms with Gasteiger partial charge in [0.05, 0.1) is 22.9 Å². The first-order valence-electron chi connectivity index (χ1n) is 6.51. The van der Waals surface area contributed by atoms with Gasteiger partial charge in [-0.15, -0.1) is 0 Å². The van der Waals surface area contributed by atoms with Gasteiger partial charge in [0, 0.05) is 11.8 Å². The number of carbonyl (C=O) groups is 1. The van der Waals surface area contributed by atoms with Gasteiger partial charge in [-0.25, -0.2) is 18.1 Å². The first-order chi connectivity index (χ1) is 10.5. The van der Waals surface area contributed by atoms with Crippen molar-refractivity contribution in [1.82, 2.24) is 14.1 Å². The molecule has 2 aromatic heterocycles. The number of benzene rings is 1. The summed E-state index contributed by atoms with van der Waals surface area (Å²) in [5, 5.41) is 0. The van der Waals surface area contributed by atoms with E-state index in [1.807, 2.05) is 0 Å². The molecule has 0 radical (unpaired) electrons. The van der Waals surface area contributed by atoms with Crippen molar-refractivity contribution in [3.63, 3.8) is 0 Å². The first-order valence-corrected chi connectivity index (χ1v) is 7.99. The molecule has 0 unspecified atom stereocenters. The third-order valence-electron chi connectivity index (χ3n) is 3.20. The van der Waals surface area contributed by atoms with Crippen molar-refractivity contribution in [2.45, 2.75) is 11.8 Å². The van der Waals surface area contributed by atoms with Crippen molar-refractivity contribution in [1.29, 1.82) is 0 Å². The zero-order chi connectivity index (χ0) is 15.7. The van der Waals surface area contributed by atoms with Gasteiger partial charge < -0.3 is 4.40 Å². The molecule has 0 aliphatic rings. The second kappa shape index (κ2) is 5.27. The van der Waals surface area contributed by atoms with Crippen LogP contribution in [0.3, 0.4) is 0 Å². The van der Waals surface area contributed by atoms with Crippen molar-refractivity contribution in [3.8, 4) is 0 Å². The van der Waals surface area contributed by atoms with Crippen LogP contribution in [0.25, 0.3) is 5.52 Å². The highest BCUT2D eigenvalue weighted by Crippen LogP contribution is 2.12. The van der Waals surface area contributed by atoms with Crippen molar-refractivity contribution < 1.29 is 13.2 Å². The fourth-order valence-electron chi connectivity index (χ4n) is 2.08. The molecule has 0 spiro atoms. The number of aromatic nitrogens is 2. The number of rotatable bonds is 3. The van der Waals surface area contributed by atoms with E-state index in [4.69, 9.17) is 0 Å². The zero-order valence-electron chi connectivity index (χ0n) is 11.7. The first kappa shape index (κ1) is 14.3. The molecule has 7 heteroatoms. The molecule has 0 fully saturated rings. The summed E-state index contributed by atoms with van der Waals surface area (Å²) in [5.41, 5.74) is 1.76. The van der Waals surface area contributed by atoms with Gasteiger partial charge in [0.15, 0.2) is 0 Å². The maximum Gasteiger partial charge on any atom is 0.265 e. The Kier molecular flexibility index (Phi) is 3.42. The van der Waals surface area contributed by atoms with E-state index in [9.17, 15) is 13.2 Å². The summed E-state index contributed by atoms with van der Waals surface area (Å²) in [4.78, 5) is 16.2. The number of nitrogens with zero attached hydrogens (tertiary/aromatic N) is 2. The summed E-state index contributed by atoms with van der Waals surface area (Å²) in [6.45, 7) is 1.79. The number of pyridine rings is 1. The molecule has 2 heterocycles. The maximum atomic E-state index is 12.2.